The minimum Gasteiger partial charge on any atom is -0.497 e. The van der Waals surface area contributed by atoms with Gasteiger partial charge in [0.25, 0.3) is 0 Å². The summed E-state index contributed by atoms with van der Waals surface area (Å²) >= 11 is 0. The summed E-state index contributed by atoms with van der Waals surface area (Å²) in [5, 5.41) is 12.1. The zero-order valence-electron chi connectivity index (χ0n) is 11.2. The average Bonchev–Trinajstić information content (AvgIpc) is 2.42. The molecule has 98 valence electrons. The summed E-state index contributed by atoms with van der Waals surface area (Å²) in [5.41, 5.74) is 1.09. The summed E-state index contributed by atoms with van der Waals surface area (Å²) in [5.74, 6) is 1.55. The first-order chi connectivity index (χ1) is 8.73. The second kappa shape index (κ2) is 7.57. The van der Waals surface area contributed by atoms with Gasteiger partial charge in [-0.25, -0.2) is 0 Å². The van der Waals surface area contributed by atoms with E-state index in [2.05, 4.69) is 18.3 Å². The van der Waals surface area contributed by atoms with Gasteiger partial charge in [-0.2, -0.15) is 5.26 Å². The molecule has 0 bridgehead atoms. The summed E-state index contributed by atoms with van der Waals surface area (Å²) in [6, 6.07) is 8.19. The highest BCUT2D eigenvalue weighted by atomic mass is 16.5. The van der Waals surface area contributed by atoms with Gasteiger partial charge in [0.1, 0.15) is 11.5 Å². The van der Waals surface area contributed by atoms with Crippen LogP contribution >= 0.6 is 0 Å². The van der Waals surface area contributed by atoms with E-state index in [-0.39, 0.29) is 6.04 Å². The smallest absolute Gasteiger partial charge is 0.122 e. The Hall–Kier alpha value is -1.73. The second-order valence-corrected chi connectivity index (χ2v) is 4.07. The predicted molar refractivity (Wildman–Crippen MR) is 70.7 cm³/mol. The molecule has 0 saturated carbocycles. The summed E-state index contributed by atoms with van der Waals surface area (Å²) in [7, 11) is 3.27. The molecule has 0 aliphatic rings. The third-order valence-electron chi connectivity index (χ3n) is 2.84. The SMILES string of the molecule is CCC(CC#N)NCc1cc(OC)cc(OC)c1. The van der Waals surface area contributed by atoms with Gasteiger partial charge in [0.15, 0.2) is 0 Å². The van der Waals surface area contributed by atoms with Crippen molar-refractivity contribution in [3.05, 3.63) is 23.8 Å². The second-order valence-electron chi connectivity index (χ2n) is 4.07. The maximum absolute atomic E-state index is 8.70. The van der Waals surface area contributed by atoms with Crippen molar-refractivity contribution in [3.8, 4) is 17.6 Å². The first-order valence-electron chi connectivity index (χ1n) is 6.05. The standard InChI is InChI=1S/C14H20N2O2/c1-4-12(5-6-15)16-10-11-7-13(17-2)9-14(8-11)18-3/h7-9,12,16H,4-5,10H2,1-3H3. The molecule has 1 unspecified atom stereocenters. The molecular weight excluding hydrogens is 228 g/mol. The molecule has 0 heterocycles. The van der Waals surface area contributed by atoms with Crippen LogP contribution in [-0.4, -0.2) is 20.3 Å². The average molecular weight is 248 g/mol. The van der Waals surface area contributed by atoms with Gasteiger partial charge in [0.2, 0.25) is 0 Å². The number of ether oxygens (including phenoxy) is 2. The highest BCUT2D eigenvalue weighted by Gasteiger charge is 2.06. The monoisotopic (exact) mass is 248 g/mol. The third kappa shape index (κ3) is 4.27. The Kier molecular flexibility index (Phi) is 6.03. The fourth-order valence-electron chi connectivity index (χ4n) is 1.70. The van der Waals surface area contributed by atoms with E-state index in [4.69, 9.17) is 14.7 Å². The van der Waals surface area contributed by atoms with Crippen molar-refractivity contribution in [1.29, 1.82) is 5.26 Å². The van der Waals surface area contributed by atoms with Crippen LogP contribution in [0.4, 0.5) is 0 Å². The Bertz CT molecular complexity index is 390. The van der Waals surface area contributed by atoms with Crippen molar-refractivity contribution >= 4 is 0 Å². The van der Waals surface area contributed by atoms with Gasteiger partial charge in [-0.1, -0.05) is 6.92 Å². The first-order valence-corrected chi connectivity index (χ1v) is 6.05. The van der Waals surface area contributed by atoms with E-state index in [1.54, 1.807) is 14.2 Å². The van der Waals surface area contributed by atoms with E-state index >= 15 is 0 Å². The van der Waals surface area contributed by atoms with Gasteiger partial charge in [-0.15, -0.1) is 0 Å². The molecule has 0 saturated heterocycles. The lowest BCUT2D eigenvalue weighted by atomic mass is 10.1. The summed E-state index contributed by atoms with van der Waals surface area (Å²) in [6.07, 6.45) is 1.46. The van der Waals surface area contributed by atoms with Gasteiger partial charge < -0.3 is 14.8 Å². The lowest BCUT2D eigenvalue weighted by molar-refractivity contribution is 0.392. The summed E-state index contributed by atoms with van der Waals surface area (Å²) < 4.78 is 10.4. The number of nitrogens with one attached hydrogen (secondary N) is 1. The topological polar surface area (TPSA) is 54.3 Å². The minimum atomic E-state index is 0.229. The molecule has 0 aliphatic carbocycles. The fraction of sp³-hybridized carbons (Fsp3) is 0.500. The summed E-state index contributed by atoms with van der Waals surface area (Å²) in [6.45, 7) is 2.77. The lowest BCUT2D eigenvalue weighted by Gasteiger charge is -2.14. The zero-order chi connectivity index (χ0) is 13.4. The Morgan fingerprint density at radius 3 is 2.28 bits per heavy atom. The lowest BCUT2D eigenvalue weighted by Crippen LogP contribution is -2.27. The van der Waals surface area contributed by atoms with E-state index in [9.17, 15) is 0 Å². The van der Waals surface area contributed by atoms with Crippen LogP contribution in [0.2, 0.25) is 0 Å². The zero-order valence-corrected chi connectivity index (χ0v) is 11.2. The van der Waals surface area contributed by atoms with E-state index in [1.807, 2.05) is 18.2 Å². The number of nitriles is 1. The van der Waals surface area contributed by atoms with E-state index in [0.717, 1.165) is 23.5 Å². The molecular formula is C14H20N2O2. The third-order valence-corrected chi connectivity index (χ3v) is 2.84. The Morgan fingerprint density at radius 1 is 1.22 bits per heavy atom. The quantitative estimate of drug-likeness (QED) is 0.805. The number of rotatable bonds is 7. The van der Waals surface area contributed by atoms with E-state index in [1.165, 1.54) is 0 Å². The molecule has 0 amide bonds. The molecule has 4 nitrogen and oxygen atoms in total. The molecule has 0 aromatic heterocycles. The predicted octanol–water partition coefficient (Wildman–Crippen LogP) is 2.49. The molecule has 0 radical (unpaired) electrons. The van der Waals surface area contributed by atoms with Gasteiger partial charge in [-0.05, 0) is 24.1 Å². The Morgan fingerprint density at radius 2 is 1.83 bits per heavy atom. The molecule has 1 atom stereocenters. The Balaban J connectivity index is 2.68. The van der Waals surface area contributed by atoms with Crippen LogP contribution in [0.1, 0.15) is 25.3 Å². The van der Waals surface area contributed by atoms with Crippen molar-refractivity contribution in [1.82, 2.24) is 5.32 Å². The molecule has 0 spiro atoms. The number of hydrogen-bond acceptors (Lipinski definition) is 4. The minimum absolute atomic E-state index is 0.229. The van der Waals surface area contributed by atoms with Crippen molar-refractivity contribution in [2.24, 2.45) is 0 Å². The largest absolute Gasteiger partial charge is 0.497 e. The number of benzene rings is 1. The van der Waals surface area contributed by atoms with Crippen LogP contribution in [0.15, 0.2) is 18.2 Å². The summed E-state index contributed by atoms with van der Waals surface area (Å²) in [4.78, 5) is 0. The molecule has 1 N–H and O–H groups in total. The van der Waals surface area contributed by atoms with Crippen molar-refractivity contribution in [2.45, 2.75) is 32.4 Å². The molecule has 18 heavy (non-hydrogen) atoms. The van der Waals surface area contributed by atoms with E-state index in [0.29, 0.717) is 13.0 Å². The van der Waals surface area contributed by atoms with Crippen molar-refractivity contribution in [3.63, 3.8) is 0 Å². The normalized spacial score (nSPS) is 11.7. The number of hydrogen-bond donors (Lipinski definition) is 1. The fourth-order valence-corrected chi connectivity index (χ4v) is 1.70. The van der Waals surface area contributed by atoms with Gasteiger partial charge in [-0.3, -0.25) is 0 Å². The molecule has 4 heteroatoms. The molecule has 0 fully saturated rings. The molecule has 0 aliphatic heterocycles. The van der Waals surface area contributed by atoms with Crippen LogP contribution in [0.25, 0.3) is 0 Å². The van der Waals surface area contributed by atoms with Crippen LogP contribution in [0.3, 0.4) is 0 Å². The van der Waals surface area contributed by atoms with Crippen LogP contribution in [0, 0.1) is 11.3 Å². The molecule has 1 rings (SSSR count). The van der Waals surface area contributed by atoms with Gasteiger partial charge >= 0.3 is 0 Å². The van der Waals surface area contributed by atoms with Crippen molar-refractivity contribution < 1.29 is 9.47 Å². The highest BCUT2D eigenvalue weighted by Crippen LogP contribution is 2.22. The molecule has 1 aromatic carbocycles. The van der Waals surface area contributed by atoms with Gasteiger partial charge in [0.05, 0.1) is 26.7 Å². The maximum Gasteiger partial charge on any atom is 0.122 e. The van der Waals surface area contributed by atoms with Crippen LogP contribution in [0.5, 0.6) is 11.5 Å². The molecule has 1 aromatic rings. The first kappa shape index (κ1) is 14.3. The van der Waals surface area contributed by atoms with Crippen molar-refractivity contribution in [2.75, 3.05) is 14.2 Å². The van der Waals surface area contributed by atoms with Crippen LogP contribution < -0.4 is 14.8 Å². The Labute approximate surface area is 109 Å². The van der Waals surface area contributed by atoms with Crippen LogP contribution in [-0.2, 0) is 6.54 Å². The van der Waals surface area contributed by atoms with E-state index < -0.39 is 0 Å². The van der Waals surface area contributed by atoms with Gasteiger partial charge in [0, 0.05) is 18.7 Å². The number of methoxy groups -OCH3 is 2. The number of nitrogens with zero attached hydrogens (tertiary/aromatic N) is 1. The highest BCUT2D eigenvalue weighted by molar-refractivity contribution is 5.38. The maximum atomic E-state index is 8.70.